The molecular formula is C20H26BrN3O3. The van der Waals surface area contributed by atoms with Crippen LogP contribution in [0.5, 0.6) is 0 Å². The van der Waals surface area contributed by atoms with E-state index in [-0.39, 0.29) is 12.0 Å². The summed E-state index contributed by atoms with van der Waals surface area (Å²) in [5.41, 5.74) is 1.97. The Morgan fingerprint density at radius 1 is 1.26 bits per heavy atom. The van der Waals surface area contributed by atoms with Gasteiger partial charge >= 0.3 is 12.0 Å². The first-order valence-electron chi connectivity index (χ1n) is 9.54. The minimum atomic E-state index is -0.530. The Hall–Kier alpha value is -1.86. The number of carbonyl (C=O) groups is 2. The molecule has 1 aromatic rings. The fraction of sp³-hybridized carbons (Fsp3) is 0.500. The highest BCUT2D eigenvalue weighted by Crippen LogP contribution is 2.30. The fourth-order valence-electron chi connectivity index (χ4n) is 3.65. The van der Waals surface area contributed by atoms with E-state index in [0.717, 1.165) is 36.0 Å². The highest BCUT2D eigenvalue weighted by molar-refractivity contribution is 9.10. The topological polar surface area (TPSA) is 70.7 Å². The summed E-state index contributed by atoms with van der Waals surface area (Å²) in [6, 6.07) is 6.81. The summed E-state index contributed by atoms with van der Waals surface area (Å²) in [5, 5.41) is 5.74. The minimum absolute atomic E-state index is 0.290. The molecule has 0 aliphatic carbocycles. The normalized spacial score (nSPS) is 21.3. The number of hydrogen-bond donors (Lipinski definition) is 2. The molecule has 0 bridgehead atoms. The van der Waals surface area contributed by atoms with Crippen LogP contribution in [0, 0.1) is 0 Å². The molecule has 2 heterocycles. The van der Waals surface area contributed by atoms with E-state index in [1.165, 1.54) is 12.8 Å². The summed E-state index contributed by atoms with van der Waals surface area (Å²) < 4.78 is 6.22. The molecule has 27 heavy (non-hydrogen) atoms. The average Bonchev–Trinajstić information content (AvgIpc) is 2.90. The van der Waals surface area contributed by atoms with E-state index in [1.54, 1.807) is 6.92 Å². The molecule has 1 unspecified atom stereocenters. The molecule has 1 fully saturated rings. The molecular weight excluding hydrogens is 410 g/mol. The van der Waals surface area contributed by atoms with Crippen LogP contribution in [0.2, 0.25) is 0 Å². The number of likely N-dealkylation sites (tertiary alicyclic amines) is 1. The number of rotatable bonds is 5. The summed E-state index contributed by atoms with van der Waals surface area (Å²) in [7, 11) is 0. The maximum atomic E-state index is 12.8. The van der Waals surface area contributed by atoms with E-state index in [9.17, 15) is 9.59 Å². The average molecular weight is 436 g/mol. The van der Waals surface area contributed by atoms with Gasteiger partial charge in [0.15, 0.2) is 0 Å². The van der Waals surface area contributed by atoms with E-state index in [1.807, 2.05) is 24.3 Å². The van der Waals surface area contributed by atoms with Crippen LogP contribution in [-0.4, -0.2) is 43.1 Å². The second kappa shape index (κ2) is 9.37. The van der Waals surface area contributed by atoms with E-state index < -0.39 is 6.04 Å². The van der Waals surface area contributed by atoms with Crippen LogP contribution < -0.4 is 10.6 Å². The van der Waals surface area contributed by atoms with Crippen LogP contribution in [-0.2, 0) is 9.53 Å². The summed E-state index contributed by atoms with van der Waals surface area (Å²) in [6.45, 7) is 4.58. The third-order valence-corrected chi connectivity index (χ3v) is 5.40. The third-order valence-electron chi connectivity index (χ3n) is 4.91. The Labute approximate surface area is 168 Å². The second-order valence-electron chi connectivity index (χ2n) is 6.89. The first-order valence-corrected chi connectivity index (χ1v) is 10.3. The van der Waals surface area contributed by atoms with Crippen LogP contribution >= 0.6 is 15.9 Å². The monoisotopic (exact) mass is 435 g/mol. The number of esters is 1. The van der Waals surface area contributed by atoms with Crippen molar-refractivity contribution in [3.05, 3.63) is 45.6 Å². The predicted molar refractivity (Wildman–Crippen MR) is 107 cm³/mol. The van der Waals surface area contributed by atoms with E-state index in [2.05, 4.69) is 31.5 Å². The number of urea groups is 1. The largest absolute Gasteiger partial charge is 0.463 e. The Morgan fingerprint density at radius 3 is 2.67 bits per heavy atom. The van der Waals surface area contributed by atoms with Crippen molar-refractivity contribution in [3.63, 3.8) is 0 Å². The van der Waals surface area contributed by atoms with E-state index in [4.69, 9.17) is 4.74 Å². The van der Waals surface area contributed by atoms with Gasteiger partial charge in [-0.25, -0.2) is 9.59 Å². The van der Waals surface area contributed by atoms with Gasteiger partial charge in [0, 0.05) is 16.7 Å². The lowest BCUT2D eigenvalue weighted by molar-refractivity contribution is -0.139. The van der Waals surface area contributed by atoms with Gasteiger partial charge in [0.05, 0.1) is 18.2 Å². The molecule has 3 rings (SSSR count). The van der Waals surface area contributed by atoms with Gasteiger partial charge < -0.3 is 15.4 Å². The zero-order chi connectivity index (χ0) is 19.2. The van der Waals surface area contributed by atoms with Gasteiger partial charge in [-0.05, 0) is 50.6 Å². The van der Waals surface area contributed by atoms with Crippen molar-refractivity contribution in [3.8, 4) is 0 Å². The highest BCUT2D eigenvalue weighted by atomic mass is 79.9. The standard InChI is InChI=1S/C20H26BrN3O3/c1-2-27-19(25)17-16(13-24-10-5-3-4-6-11-24)22-20(26)23-18(17)14-8-7-9-15(21)12-14/h7-9,12,18H,2-6,10-11,13H2,1H3,(H2,22,23,26). The molecule has 1 atom stereocenters. The van der Waals surface area contributed by atoms with Crippen LogP contribution in [0.4, 0.5) is 4.79 Å². The minimum Gasteiger partial charge on any atom is -0.463 e. The number of nitrogens with one attached hydrogen (secondary N) is 2. The molecule has 0 saturated carbocycles. The van der Waals surface area contributed by atoms with E-state index >= 15 is 0 Å². The van der Waals surface area contributed by atoms with E-state index in [0.29, 0.717) is 24.4 Å². The Kier molecular flexibility index (Phi) is 6.90. The Bertz CT molecular complexity index is 727. The zero-order valence-electron chi connectivity index (χ0n) is 15.6. The number of nitrogens with zero attached hydrogens (tertiary/aromatic N) is 1. The van der Waals surface area contributed by atoms with Crippen LogP contribution in [0.25, 0.3) is 0 Å². The summed E-state index contributed by atoms with van der Waals surface area (Å²) in [6.07, 6.45) is 4.75. The molecule has 2 N–H and O–H groups in total. The number of amides is 2. The van der Waals surface area contributed by atoms with Crippen LogP contribution in [0.1, 0.15) is 44.2 Å². The lowest BCUT2D eigenvalue weighted by Crippen LogP contribution is -2.48. The van der Waals surface area contributed by atoms with Gasteiger partial charge in [-0.15, -0.1) is 0 Å². The number of benzene rings is 1. The molecule has 2 amide bonds. The lowest BCUT2D eigenvalue weighted by atomic mass is 9.95. The lowest BCUT2D eigenvalue weighted by Gasteiger charge is -2.32. The highest BCUT2D eigenvalue weighted by Gasteiger charge is 2.34. The van der Waals surface area contributed by atoms with Crippen molar-refractivity contribution in [1.29, 1.82) is 0 Å². The van der Waals surface area contributed by atoms with Gasteiger partial charge in [-0.2, -0.15) is 0 Å². The first-order chi connectivity index (χ1) is 13.1. The molecule has 6 nitrogen and oxygen atoms in total. The number of halogens is 1. The van der Waals surface area contributed by atoms with Crippen molar-refractivity contribution < 1.29 is 14.3 Å². The van der Waals surface area contributed by atoms with Gasteiger partial charge in [0.25, 0.3) is 0 Å². The molecule has 0 spiro atoms. The summed E-state index contributed by atoms with van der Waals surface area (Å²) in [4.78, 5) is 27.4. The SMILES string of the molecule is CCOC(=O)C1=C(CN2CCCCCC2)NC(=O)NC1c1cccc(Br)c1. The molecule has 0 radical (unpaired) electrons. The van der Waals surface area contributed by atoms with Crippen molar-refractivity contribution in [1.82, 2.24) is 15.5 Å². The number of hydrogen-bond acceptors (Lipinski definition) is 4. The maximum absolute atomic E-state index is 12.8. The molecule has 2 aliphatic rings. The van der Waals surface area contributed by atoms with Crippen LogP contribution in [0.3, 0.4) is 0 Å². The second-order valence-corrected chi connectivity index (χ2v) is 7.81. The van der Waals surface area contributed by atoms with Crippen molar-refractivity contribution in [2.45, 2.75) is 38.6 Å². The molecule has 1 saturated heterocycles. The molecule has 0 aromatic heterocycles. The molecule has 7 heteroatoms. The zero-order valence-corrected chi connectivity index (χ0v) is 17.2. The van der Waals surface area contributed by atoms with Gasteiger partial charge in [-0.3, -0.25) is 4.90 Å². The van der Waals surface area contributed by atoms with Crippen molar-refractivity contribution in [2.75, 3.05) is 26.2 Å². The predicted octanol–water partition coefficient (Wildman–Crippen LogP) is 3.50. The Morgan fingerprint density at radius 2 is 2.00 bits per heavy atom. The molecule has 2 aliphatic heterocycles. The smallest absolute Gasteiger partial charge is 0.338 e. The fourth-order valence-corrected chi connectivity index (χ4v) is 4.06. The summed E-state index contributed by atoms with van der Waals surface area (Å²) in [5.74, 6) is -0.389. The number of carbonyl (C=O) groups excluding carboxylic acids is 2. The molecule has 146 valence electrons. The first kappa shape index (κ1) is 19.9. The summed E-state index contributed by atoms with van der Waals surface area (Å²) >= 11 is 3.47. The van der Waals surface area contributed by atoms with Gasteiger partial charge in [-0.1, -0.05) is 40.9 Å². The van der Waals surface area contributed by atoms with Gasteiger partial charge in [0.1, 0.15) is 0 Å². The van der Waals surface area contributed by atoms with Crippen molar-refractivity contribution >= 4 is 27.9 Å². The molecule has 1 aromatic carbocycles. The third kappa shape index (κ3) is 5.11. The van der Waals surface area contributed by atoms with Crippen molar-refractivity contribution in [2.24, 2.45) is 0 Å². The maximum Gasteiger partial charge on any atom is 0.338 e. The Balaban J connectivity index is 1.97. The quantitative estimate of drug-likeness (QED) is 0.694. The van der Waals surface area contributed by atoms with Gasteiger partial charge in [0.2, 0.25) is 0 Å². The van der Waals surface area contributed by atoms with Crippen LogP contribution in [0.15, 0.2) is 40.0 Å². The number of ether oxygens (including phenoxy) is 1.